The van der Waals surface area contributed by atoms with E-state index in [9.17, 15) is 9.90 Å². The van der Waals surface area contributed by atoms with Crippen molar-refractivity contribution in [1.82, 2.24) is 5.32 Å². The molecule has 0 bridgehead atoms. The van der Waals surface area contributed by atoms with Gasteiger partial charge in [0.05, 0.1) is 11.2 Å². The standard InChI is InChI=1S/C14H21NO4S/c1-14(18,10-20-2)9-15-7-8-19-12-5-3-11(4-6-12)13(16)17/h3-6,15,18H,7-10H2,1-2H3,(H,16,17). The van der Waals surface area contributed by atoms with Crippen LogP contribution in [0.1, 0.15) is 17.3 Å². The average molecular weight is 299 g/mol. The molecule has 0 saturated carbocycles. The van der Waals surface area contributed by atoms with E-state index in [1.54, 1.807) is 30.8 Å². The number of ether oxygens (including phenoxy) is 1. The molecule has 1 aromatic rings. The third kappa shape index (κ3) is 6.27. The maximum atomic E-state index is 10.7. The number of aliphatic hydroxyl groups is 1. The zero-order chi connectivity index (χ0) is 15.0. The summed E-state index contributed by atoms with van der Waals surface area (Å²) in [6.07, 6.45) is 1.96. The molecule has 0 radical (unpaired) electrons. The highest BCUT2D eigenvalue weighted by Crippen LogP contribution is 2.12. The predicted molar refractivity (Wildman–Crippen MR) is 80.8 cm³/mol. The summed E-state index contributed by atoms with van der Waals surface area (Å²) in [6.45, 7) is 3.38. The minimum atomic E-state index is -0.950. The summed E-state index contributed by atoms with van der Waals surface area (Å²) in [5.41, 5.74) is -0.480. The summed E-state index contributed by atoms with van der Waals surface area (Å²) in [4.78, 5) is 10.7. The maximum Gasteiger partial charge on any atom is 0.335 e. The Morgan fingerprint density at radius 3 is 2.60 bits per heavy atom. The van der Waals surface area contributed by atoms with Crippen molar-refractivity contribution in [2.24, 2.45) is 0 Å². The van der Waals surface area contributed by atoms with E-state index in [4.69, 9.17) is 9.84 Å². The van der Waals surface area contributed by atoms with Crippen LogP contribution in [0.25, 0.3) is 0 Å². The van der Waals surface area contributed by atoms with Crippen LogP contribution in [-0.2, 0) is 0 Å². The van der Waals surface area contributed by atoms with Gasteiger partial charge in [-0.1, -0.05) is 0 Å². The van der Waals surface area contributed by atoms with Gasteiger partial charge in [-0.25, -0.2) is 4.79 Å². The van der Waals surface area contributed by atoms with Gasteiger partial charge in [0.25, 0.3) is 0 Å². The molecule has 0 saturated heterocycles. The molecule has 1 rings (SSSR count). The van der Waals surface area contributed by atoms with Gasteiger partial charge in [0.2, 0.25) is 0 Å². The normalized spacial score (nSPS) is 13.8. The lowest BCUT2D eigenvalue weighted by atomic mass is 10.1. The molecule has 20 heavy (non-hydrogen) atoms. The van der Waals surface area contributed by atoms with Gasteiger partial charge in [-0.05, 0) is 37.4 Å². The first-order valence-corrected chi connectivity index (χ1v) is 7.72. The number of aromatic carboxylic acids is 1. The molecule has 0 amide bonds. The van der Waals surface area contributed by atoms with Crippen LogP contribution in [0.15, 0.2) is 24.3 Å². The Labute approximate surface area is 123 Å². The summed E-state index contributed by atoms with van der Waals surface area (Å²) >= 11 is 1.60. The third-order valence-electron chi connectivity index (χ3n) is 2.61. The highest BCUT2D eigenvalue weighted by atomic mass is 32.2. The number of carboxylic acid groups (broad SMARTS) is 1. The first-order chi connectivity index (χ1) is 9.44. The molecule has 112 valence electrons. The number of benzene rings is 1. The zero-order valence-corrected chi connectivity index (χ0v) is 12.6. The third-order valence-corrected chi connectivity index (χ3v) is 3.52. The highest BCUT2D eigenvalue weighted by molar-refractivity contribution is 7.98. The van der Waals surface area contributed by atoms with Gasteiger partial charge in [0.1, 0.15) is 12.4 Å². The van der Waals surface area contributed by atoms with E-state index in [1.807, 2.05) is 6.26 Å². The Balaban J connectivity index is 2.23. The van der Waals surface area contributed by atoms with Crippen LogP contribution in [-0.4, -0.2) is 53.5 Å². The first-order valence-electron chi connectivity index (χ1n) is 6.33. The van der Waals surface area contributed by atoms with Crippen molar-refractivity contribution in [2.75, 3.05) is 31.7 Å². The Morgan fingerprint density at radius 2 is 2.05 bits per heavy atom. The van der Waals surface area contributed by atoms with Crippen LogP contribution in [0.4, 0.5) is 0 Å². The van der Waals surface area contributed by atoms with E-state index in [1.165, 1.54) is 12.1 Å². The largest absolute Gasteiger partial charge is 0.492 e. The fraction of sp³-hybridized carbons (Fsp3) is 0.500. The first kappa shape index (κ1) is 16.8. The van der Waals surface area contributed by atoms with E-state index in [0.29, 0.717) is 31.2 Å². The molecule has 0 aliphatic heterocycles. The molecule has 0 aromatic heterocycles. The Hall–Kier alpha value is -1.24. The molecule has 1 atom stereocenters. The highest BCUT2D eigenvalue weighted by Gasteiger charge is 2.18. The number of carbonyl (C=O) groups is 1. The minimum absolute atomic E-state index is 0.239. The van der Waals surface area contributed by atoms with Gasteiger partial charge in [-0.15, -0.1) is 0 Å². The molecule has 6 heteroatoms. The lowest BCUT2D eigenvalue weighted by Gasteiger charge is -2.22. The van der Waals surface area contributed by atoms with Crippen LogP contribution in [0.5, 0.6) is 5.75 Å². The van der Waals surface area contributed by atoms with E-state index in [-0.39, 0.29) is 5.56 Å². The fourth-order valence-electron chi connectivity index (χ4n) is 1.65. The molecular formula is C14H21NO4S. The topological polar surface area (TPSA) is 78.8 Å². The van der Waals surface area contributed by atoms with Crippen molar-refractivity contribution < 1.29 is 19.7 Å². The molecule has 1 aromatic carbocycles. The zero-order valence-electron chi connectivity index (χ0n) is 11.8. The summed E-state index contributed by atoms with van der Waals surface area (Å²) in [5, 5.41) is 21.8. The molecule has 0 aliphatic carbocycles. The molecule has 5 nitrogen and oxygen atoms in total. The Morgan fingerprint density at radius 1 is 1.40 bits per heavy atom. The quantitative estimate of drug-likeness (QED) is 0.599. The number of hydrogen-bond donors (Lipinski definition) is 3. The van der Waals surface area contributed by atoms with Crippen LogP contribution in [0, 0.1) is 0 Å². The van der Waals surface area contributed by atoms with Crippen molar-refractivity contribution in [2.45, 2.75) is 12.5 Å². The predicted octanol–water partition coefficient (Wildman–Crippen LogP) is 1.47. The van der Waals surface area contributed by atoms with E-state index in [2.05, 4.69) is 5.32 Å². The van der Waals surface area contributed by atoms with Crippen molar-refractivity contribution in [3.05, 3.63) is 29.8 Å². The van der Waals surface area contributed by atoms with Crippen molar-refractivity contribution in [3.63, 3.8) is 0 Å². The molecule has 0 fully saturated rings. The number of nitrogens with one attached hydrogen (secondary N) is 1. The van der Waals surface area contributed by atoms with Gasteiger partial charge in [-0.3, -0.25) is 0 Å². The van der Waals surface area contributed by atoms with Gasteiger partial charge < -0.3 is 20.3 Å². The second kappa shape index (κ2) is 8.14. The Bertz CT molecular complexity index is 420. The van der Waals surface area contributed by atoms with Crippen molar-refractivity contribution >= 4 is 17.7 Å². The fourth-order valence-corrected chi connectivity index (χ4v) is 2.38. The molecule has 3 N–H and O–H groups in total. The minimum Gasteiger partial charge on any atom is -0.492 e. The molecule has 0 heterocycles. The lowest BCUT2D eigenvalue weighted by molar-refractivity contribution is 0.0696. The number of carboxylic acids is 1. The summed E-state index contributed by atoms with van der Waals surface area (Å²) < 4.78 is 5.47. The SMILES string of the molecule is CSCC(C)(O)CNCCOc1ccc(C(=O)O)cc1. The Kier molecular flexibility index (Phi) is 6.84. The summed E-state index contributed by atoms with van der Waals surface area (Å²) in [5.74, 6) is 0.360. The van der Waals surface area contributed by atoms with Crippen LogP contribution < -0.4 is 10.1 Å². The molecular weight excluding hydrogens is 278 g/mol. The monoisotopic (exact) mass is 299 g/mol. The number of hydrogen-bond acceptors (Lipinski definition) is 5. The molecule has 1 unspecified atom stereocenters. The van der Waals surface area contributed by atoms with Gasteiger partial charge in [0.15, 0.2) is 0 Å². The van der Waals surface area contributed by atoms with Crippen molar-refractivity contribution in [3.8, 4) is 5.75 Å². The van der Waals surface area contributed by atoms with E-state index < -0.39 is 11.6 Å². The van der Waals surface area contributed by atoms with Gasteiger partial charge in [-0.2, -0.15) is 11.8 Å². The van der Waals surface area contributed by atoms with Gasteiger partial charge in [0, 0.05) is 18.8 Å². The molecule has 0 aliphatic rings. The molecule has 0 spiro atoms. The maximum absolute atomic E-state index is 10.7. The number of thioether (sulfide) groups is 1. The smallest absolute Gasteiger partial charge is 0.335 e. The van der Waals surface area contributed by atoms with E-state index in [0.717, 1.165) is 0 Å². The average Bonchev–Trinajstić information content (AvgIpc) is 2.38. The van der Waals surface area contributed by atoms with Crippen molar-refractivity contribution in [1.29, 1.82) is 0 Å². The summed E-state index contributed by atoms with van der Waals surface area (Å²) in [7, 11) is 0. The number of rotatable bonds is 9. The second-order valence-corrected chi connectivity index (χ2v) is 5.65. The second-order valence-electron chi connectivity index (χ2n) is 4.78. The van der Waals surface area contributed by atoms with Crippen LogP contribution >= 0.6 is 11.8 Å². The van der Waals surface area contributed by atoms with Crippen LogP contribution in [0.3, 0.4) is 0 Å². The lowest BCUT2D eigenvalue weighted by Crippen LogP contribution is -2.41. The van der Waals surface area contributed by atoms with Crippen LogP contribution in [0.2, 0.25) is 0 Å². The van der Waals surface area contributed by atoms with Gasteiger partial charge >= 0.3 is 5.97 Å². The van der Waals surface area contributed by atoms with E-state index >= 15 is 0 Å². The summed E-state index contributed by atoms with van der Waals surface area (Å²) in [6, 6.07) is 6.28.